The predicted octanol–water partition coefficient (Wildman–Crippen LogP) is 8.91. The Bertz CT molecular complexity index is 940. The molecule has 1 aliphatic carbocycles. The smallest absolute Gasteiger partial charge is 0.314 e. The predicted molar refractivity (Wildman–Crippen MR) is 146 cm³/mol. The molecule has 2 aromatic carbocycles. The van der Waals surface area contributed by atoms with E-state index in [4.69, 9.17) is 4.74 Å². The molecule has 0 aliphatic heterocycles. The summed E-state index contributed by atoms with van der Waals surface area (Å²) in [6, 6.07) is 15.7. The van der Waals surface area contributed by atoms with Crippen LogP contribution >= 0.6 is 0 Å². The highest BCUT2D eigenvalue weighted by Gasteiger charge is 2.43. The molecule has 196 valence electrons. The SMILES string of the molecule is CCCC=CC1CCC(C(=O)O)(c2ccc(-c3ccc(OCC(F)CCCCCC)cc3)cc2)CC1. The molecule has 0 amide bonds. The number of carboxylic acid groups (broad SMARTS) is 1. The van der Waals surface area contributed by atoms with E-state index in [1.54, 1.807) is 0 Å². The Balaban J connectivity index is 1.58. The Hall–Kier alpha value is -2.62. The number of unbranched alkanes of at least 4 members (excludes halogenated alkanes) is 4. The fourth-order valence-electron chi connectivity index (χ4n) is 5.19. The van der Waals surface area contributed by atoms with Gasteiger partial charge in [0.2, 0.25) is 0 Å². The fourth-order valence-corrected chi connectivity index (χ4v) is 5.19. The highest BCUT2D eigenvalue weighted by molar-refractivity contribution is 5.82. The zero-order chi connectivity index (χ0) is 25.8. The third-order valence-corrected chi connectivity index (χ3v) is 7.58. The lowest BCUT2D eigenvalue weighted by molar-refractivity contribution is -0.145. The van der Waals surface area contributed by atoms with Crippen LogP contribution < -0.4 is 4.74 Å². The van der Waals surface area contributed by atoms with E-state index in [0.29, 0.717) is 30.9 Å². The Labute approximate surface area is 216 Å². The molecule has 0 saturated heterocycles. The van der Waals surface area contributed by atoms with Gasteiger partial charge >= 0.3 is 5.97 Å². The van der Waals surface area contributed by atoms with Crippen LogP contribution in [0.5, 0.6) is 5.75 Å². The summed E-state index contributed by atoms with van der Waals surface area (Å²) in [5.74, 6) is 0.434. The third kappa shape index (κ3) is 7.69. The summed E-state index contributed by atoms with van der Waals surface area (Å²) < 4.78 is 19.7. The molecular formula is C32H43FO3. The van der Waals surface area contributed by atoms with Gasteiger partial charge in [-0.05, 0) is 73.3 Å². The van der Waals surface area contributed by atoms with Gasteiger partial charge in [0.05, 0.1) is 5.41 Å². The molecule has 4 heteroatoms. The summed E-state index contributed by atoms with van der Waals surface area (Å²) in [6.45, 7) is 4.41. The second-order valence-electron chi connectivity index (χ2n) is 10.3. The average molecular weight is 495 g/mol. The number of hydrogen-bond acceptors (Lipinski definition) is 2. The van der Waals surface area contributed by atoms with Crippen LogP contribution in [0.3, 0.4) is 0 Å². The summed E-state index contributed by atoms with van der Waals surface area (Å²) in [5, 5.41) is 10.2. The zero-order valence-electron chi connectivity index (χ0n) is 22.1. The van der Waals surface area contributed by atoms with Gasteiger partial charge in [0, 0.05) is 0 Å². The molecule has 1 N–H and O–H groups in total. The van der Waals surface area contributed by atoms with E-state index >= 15 is 0 Å². The average Bonchev–Trinajstić information content (AvgIpc) is 2.91. The molecular weight excluding hydrogens is 451 g/mol. The first kappa shape index (κ1) is 28.0. The molecule has 0 spiro atoms. The van der Waals surface area contributed by atoms with Crippen molar-refractivity contribution in [1.29, 1.82) is 0 Å². The van der Waals surface area contributed by atoms with Crippen molar-refractivity contribution in [3.8, 4) is 16.9 Å². The van der Waals surface area contributed by atoms with E-state index < -0.39 is 17.6 Å². The first-order valence-electron chi connectivity index (χ1n) is 13.9. The number of carbonyl (C=O) groups is 1. The van der Waals surface area contributed by atoms with Crippen molar-refractivity contribution in [3.63, 3.8) is 0 Å². The number of hydrogen-bond donors (Lipinski definition) is 1. The maximum Gasteiger partial charge on any atom is 0.314 e. The van der Waals surface area contributed by atoms with Gasteiger partial charge in [-0.1, -0.05) is 94.5 Å². The molecule has 0 radical (unpaired) electrons. The highest BCUT2D eigenvalue weighted by atomic mass is 19.1. The molecule has 0 heterocycles. The Morgan fingerprint density at radius 3 is 2.22 bits per heavy atom. The van der Waals surface area contributed by atoms with Gasteiger partial charge in [0.1, 0.15) is 18.5 Å². The van der Waals surface area contributed by atoms with E-state index in [0.717, 1.165) is 68.1 Å². The van der Waals surface area contributed by atoms with Gasteiger partial charge in [-0.15, -0.1) is 0 Å². The zero-order valence-corrected chi connectivity index (χ0v) is 22.1. The molecule has 0 aromatic heterocycles. The first-order chi connectivity index (χ1) is 17.5. The van der Waals surface area contributed by atoms with Gasteiger partial charge in [-0.25, -0.2) is 4.39 Å². The largest absolute Gasteiger partial charge is 0.491 e. The lowest BCUT2D eigenvalue weighted by Gasteiger charge is -2.36. The van der Waals surface area contributed by atoms with Crippen molar-refractivity contribution in [1.82, 2.24) is 0 Å². The lowest BCUT2D eigenvalue weighted by atomic mass is 9.66. The molecule has 3 nitrogen and oxygen atoms in total. The normalized spacial score (nSPS) is 20.9. The van der Waals surface area contributed by atoms with Crippen LogP contribution in [-0.4, -0.2) is 23.9 Å². The van der Waals surface area contributed by atoms with Gasteiger partial charge in [0.15, 0.2) is 0 Å². The second kappa shape index (κ2) is 14.2. The topological polar surface area (TPSA) is 46.5 Å². The first-order valence-corrected chi connectivity index (χ1v) is 13.9. The Morgan fingerprint density at radius 1 is 1.00 bits per heavy atom. The molecule has 1 unspecified atom stereocenters. The van der Waals surface area contributed by atoms with Crippen LogP contribution in [0.15, 0.2) is 60.7 Å². The molecule has 36 heavy (non-hydrogen) atoms. The highest BCUT2D eigenvalue weighted by Crippen LogP contribution is 2.43. The maximum absolute atomic E-state index is 14.1. The number of allylic oxidation sites excluding steroid dienone is 2. The molecule has 1 aliphatic rings. The summed E-state index contributed by atoms with van der Waals surface area (Å²) in [7, 11) is 0. The minimum atomic E-state index is -0.932. The van der Waals surface area contributed by atoms with Crippen LogP contribution in [0.2, 0.25) is 0 Å². The summed E-state index contributed by atoms with van der Waals surface area (Å²) in [5.41, 5.74) is 2.15. The quantitative estimate of drug-likeness (QED) is 0.211. The molecule has 2 aromatic rings. The van der Waals surface area contributed by atoms with Crippen LogP contribution in [-0.2, 0) is 10.2 Å². The van der Waals surface area contributed by atoms with E-state index in [1.807, 2.05) is 48.5 Å². The number of alkyl halides is 1. The van der Waals surface area contributed by atoms with Gasteiger partial charge in [-0.3, -0.25) is 4.79 Å². The van der Waals surface area contributed by atoms with Crippen LogP contribution in [0.4, 0.5) is 4.39 Å². The standard InChI is InChI=1S/C32H43FO3/c1-3-5-7-9-11-29(33)24-36-30-18-14-27(15-19-30)26-12-16-28(17-13-26)32(31(34)35)22-20-25(21-23-32)10-8-6-4-2/h8,10,12-19,25,29H,3-7,9,11,20-24H2,1-2H3,(H,34,35). The number of rotatable bonds is 14. The lowest BCUT2D eigenvalue weighted by Crippen LogP contribution is -2.39. The molecule has 0 bridgehead atoms. The molecule has 1 saturated carbocycles. The summed E-state index contributed by atoms with van der Waals surface area (Å²) >= 11 is 0. The molecule has 1 atom stereocenters. The summed E-state index contributed by atoms with van der Waals surface area (Å²) in [4.78, 5) is 12.4. The fraction of sp³-hybridized carbons (Fsp3) is 0.531. The number of carboxylic acids is 1. The maximum atomic E-state index is 14.1. The van der Waals surface area contributed by atoms with Crippen LogP contribution in [0, 0.1) is 5.92 Å². The number of halogens is 1. The Morgan fingerprint density at radius 2 is 1.64 bits per heavy atom. The van der Waals surface area contributed by atoms with Crippen LogP contribution in [0.1, 0.15) is 90.0 Å². The van der Waals surface area contributed by atoms with Crippen LogP contribution in [0.25, 0.3) is 11.1 Å². The minimum absolute atomic E-state index is 0.0900. The van der Waals surface area contributed by atoms with E-state index in [-0.39, 0.29) is 6.61 Å². The van der Waals surface area contributed by atoms with Gasteiger partial charge in [-0.2, -0.15) is 0 Å². The second-order valence-corrected chi connectivity index (χ2v) is 10.3. The van der Waals surface area contributed by atoms with Crippen molar-refractivity contribution in [3.05, 3.63) is 66.2 Å². The molecule has 1 fully saturated rings. The van der Waals surface area contributed by atoms with Crippen molar-refractivity contribution >= 4 is 5.97 Å². The van der Waals surface area contributed by atoms with Crippen molar-refractivity contribution < 1.29 is 19.0 Å². The van der Waals surface area contributed by atoms with E-state index in [2.05, 4.69) is 26.0 Å². The number of aliphatic carboxylic acids is 1. The Kier molecular flexibility index (Phi) is 11.0. The monoisotopic (exact) mass is 494 g/mol. The van der Waals surface area contributed by atoms with Gasteiger partial charge in [0.25, 0.3) is 0 Å². The summed E-state index contributed by atoms with van der Waals surface area (Å²) in [6.07, 6.45) is 13.8. The minimum Gasteiger partial charge on any atom is -0.491 e. The third-order valence-electron chi connectivity index (χ3n) is 7.58. The number of ether oxygens (including phenoxy) is 1. The van der Waals surface area contributed by atoms with Gasteiger partial charge < -0.3 is 9.84 Å². The van der Waals surface area contributed by atoms with Crippen molar-refractivity contribution in [2.75, 3.05) is 6.61 Å². The van der Waals surface area contributed by atoms with E-state index in [1.165, 1.54) is 0 Å². The molecule has 3 rings (SSSR count). The van der Waals surface area contributed by atoms with E-state index in [9.17, 15) is 14.3 Å². The van der Waals surface area contributed by atoms with Crippen molar-refractivity contribution in [2.45, 2.75) is 96.1 Å². The number of benzene rings is 2. The van der Waals surface area contributed by atoms with Crippen molar-refractivity contribution in [2.24, 2.45) is 5.92 Å².